The Morgan fingerprint density at radius 1 is 1.21 bits per heavy atom. The quantitative estimate of drug-likeness (QED) is 0.260. The SMILES string of the molecule is COC1=C(N2CCC(N)CC2)N(c2cc(C)[nH]n2)C(Sc2ccc(S(=O)(=O)Cc3cccc([N+](=O)[O-])c3F)cc2F)N=C1. The molecule has 1 aromatic heterocycles. The highest BCUT2D eigenvalue weighted by Crippen LogP contribution is 2.39. The number of nitro groups is 1. The normalized spacial score (nSPS) is 17.9. The molecule has 5 rings (SSSR count). The molecule has 43 heavy (non-hydrogen) atoms. The number of thioether (sulfide) groups is 1. The Bertz CT molecular complexity index is 1710. The minimum Gasteiger partial charge on any atom is -0.491 e. The molecule has 0 bridgehead atoms. The van der Waals surface area contributed by atoms with Crippen LogP contribution in [0, 0.1) is 28.7 Å². The lowest BCUT2D eigenvalue weighted by Crippen LogP contribution is -2.48. The van der Waals surface area contributed by atoms with Gasteiger partial charge in [-0.2, -0.15) is 9.49 Å². The van der Waals surface area contributed by atoms with Crippen LogP contribution in [0.2, 0.25) is 0 Å². The van der Waals surface area contributed by atoms with Gasteiger partial charge in [0.25, 0.3) is 0 Å². The number of hydrogen-bond donors (Lipinski definition) is 2. The Kier molecular flexibility index (Phi) is 8.71. The van der Waals surface area contributed by atoms with E-state index in [1.54, 1.807) is 6.21 Å². The highest BCUT2D eigenvalue weighted by molar-refractivity contribution is 8.00. The zero-order valence-electron chi connectivity index (χ0n) is 23.2. The maximum atomic E-state index is 15.5. The molecular formula is C27H29F2N7O5S2. The lowest BCUT2D eigenvalue weighted by Gasteiger charge is -2.42. The molecule has 0 radical (unpaired) electrons. The second-order valence-corrected chi connectivity index (χ2v) is 13.2. The summed E-state index contributed by atoms with van der Waals surface area (Å²) in [7, 11) is -2.71. The predicted molar refractivity (Wildman–Crippen MR) is 157 cm³/mol. The standard InChI is InChI=1S/C27H29F2N7O5S2/c1-16-12-24(33-32-16)35-26(34-10-8-18(30)9-11-34)22(41-2)14-31-27(35)42-23-7-6-19(13-20(23)28)43(39,40)15-17-4-3-5-21(25(17)29)36(37)38/h3-7,12-14,18,27H,8-11,15,30H2,1-2H3,(H,32,33). The number of benzene rings is 2. The van der Waals surface area contributed by atoms with Crippen molar-refractivity contribution in [3.05, 3.63) is 87.1 Å². The predicted octanol–water partition coefficient (Wildman–Crippen LogP) is 4.08. The van der Waals surface area contributed by atoms with E-state index in [1.807, 2.05) is 17.9 Å². The molecule has 3 aromatic rings. The van der Waals surface area contributed by atoms with Gasteiger partial charge in [-0.1, -0.05) is 23.9 Å². The van der Waals surface area contributed by atoms with Crippen LogP contribution in [0.1, 0.15) is 24.1 Å². The molecule has 0 aliphatic carbocycles. The van der Waals surface area contributed by atoms with E-state index in [0.717, 1.165) is 48.5 Å². The number of halogens is 2. The number of likely N-dealkylation sites (tertiary alicyclic amines) is 1. The molecule has 1 unspecified atom stereocenters. The van der Waals surface area contributed by atoms with Gasteiger partial charge in [0.05, 0.1) is 28.9 Å². The van der Waals surface area contributed by atoms with Crippen LogP contribution in [0.25, 0.3) is 0 Å². The summed E-state index contributed by atoms with van der Waals surface area (Å²) >= 11 is 1.04. The van der Waals surface area contributed by atoms with Crippen molar-refractivity contribution in [1.29, 1.82) is 0 Å². The summed E-state index contributed by atoms with van der Waals surface area (Å²) in [5.74, 6) is -1.22. The van der Waals surface area contributed by atoms with Crippen LogP contribution >= 0.6 is 11.8 Å². The van der Waals surface area contributed by atoms with E-state index in [9.17, 15) is 22.9 Å². The maximum absolute atomic E-state index is 15.5. The number of allylic oxidation sites excluding steroid dienone is 1. The largest absolute Gasteiger partial charge is 0.491 e. The van der Waals surface area contributed by atoms with Gasteiger partial charge in [-0.3, -0.25) is 25.1 Å². The Hall–Kier alpha value is -4.02. The number of anilines is 1. The molecular weight excluding hydrogens is 604 g/mol. The summed E-state index contributed by atoms with van der Waals surface area (Å²) < 4.78 is 61.8. The van der Waals surface area contributed by atoms with Gasteiger partial charge in [0.1, 0.15) is 5.82 Å². The van der Waals surface area contributed by atoms with E-state index in [-0.39, 0.29) is 21.4 Å². The fraction of sp³-hybridized carbons (Fsp3) is 0.333. The van der Waals surface area contributed by atoms with Crippen molar-refractivity contribution in [2.75, 3.05) is 25.1 Å². The van der Waals surface area contributed by atoms with Gasteiger partial charge in [0.2, 0.25) is 5.82 Å². The van der Waals surface area contributed by atoms with Gasteiger partial charge in [-0.15, -0.1) is 0 Å². The number of nitrogens with one attached hydrogen (secondary N) is 1. The number of nitrogens with two attached hydrogens (primary N) is 1. The minimum absolute atomic E-state index is 0.0868. The number of aromatic amines is 1. The molecule has 3 N–H and O–H groups in total. The molecule has 16 heteroatoms. The third kappa shape index (κ3) is 6.35. The molecule has 2 aliphatic rings. The number of piperidine rings is 1. The number of nitrogens with zero attached hydrogens (tertiary/aromatic N) is 5. The van der Waals surface area contributed by atoms with Crippen molar-refractivity contribution in [3.8, 4) is 0 Å². The number of nitro benzene ring substituents is 1. The van der Waals surface area contributed by atoms with Crippen molar-refractivity contribution >= 4 is 39.3 Å². The van der Waals surface area contributed by atoms with E-state index in [4.69, 9.17) is 10.5 Å². The molecule has 12 nitrogen and oxygen atoms in total. The van der Waals surface area contributed by atoms with Crippen molar-refractivity contribution in [3.63, 3.8) is 0 Å². The number of methoxy groups -OCH3 is 1. The van der Waals surface area contributed by atoms with Crippen LogP contribution < -0.4 is 10.6 Å². The lowest BCUT2D eigenvalue weighted by atomic mass is 10.1. The van der Waals surface area contributed by atoms with E-state index in [1.165, 1.54) is 25.3 Å². The second-order valence-electron chi connectivity index (χ2n) is 10.1. The Balaban J connectivity index is 1.44. The van der Waals surface area contributed by atoms with Gasteiger partial charge in [-0.25, -0.2) is 12.8 Å². The molecule has 2 aromatic carbocycles. The average Bonchev–Trinajstić information content (AvgIpc) is 3.40. The first-order valence-corrected chi connectivity index (χ1v) is 15.8. The van der Waals surface area contributed by atoms with Gasteiger partial charge in [-0.05, 0) is 38.0 Å². The monoisotopic (exact) mass is 633 g/mol. The van der Waals surface area contributed by atoms with Crippen LogP contribution in [0.15, 0.2) is 68.8 Å². The van der Waals surface area contributed by atoms with Crippen LogP contribution in [-0.4, -0.2) is 66.4 Å². The molecule has 228 valence electrons. The van der Waals surface area contributed by atoms with E-state index in [2.05, 4.69) is 20.1 Å². The van der Waals surface area contributed by atoms with Crippen LogP contribution in [0.3, 0.4) is 0 Å². The molecule has 1 fully saturated rings. The van der Waals surface area contributed by atoms with Crippen molar-refractivity contribution in [2.45, 2.75) is 46.8 Å². The third-order valence-corrected chi connectivity index (χ3v) is 9.87. The van der Waals surface area contributed by atoms with E-state index >= 15 is 4.39 Å². The number of rotatable bonds is 9. The number of hydrogen-bond acceptors (Lipinski definition) is 11. The summed E-state index contributed by atoms with van der Waals surface area (Å²) in [6, 6.07) is 8.58. The summed E-state index contributed by atoms with van der Waals surface area (Å²) in [5.41, 5.74) is 4.97. The van der Waals surface area contributed by atoms with Crippen molar-refractivity contribution in [2.24, 2.45) is 10.7 Å². The molecule has 2 aliphatic heterocycles. The van der Waals surface area contributed by atoms with Gasteiger partial charge < -0.3 is 15.4 Å². The number of aromatic nitrogens is 2. The maximum Gasteiger partial charge on any atom is 0.305 e. The number of H-pyrrole nitrogens is 1. The Morgan fingerprint density at radius 3 is 2.58 bits per heavy atom. The smallest absolute Gasteiger partial charge is 0.305 e. The molecule has 3 heterocycles. The van der Waals surface area contributed by atoms with E-state index < -0.39 is 43.3 Å². The molecule has 0 saturated carbocycles. The number of ether oxygens (including phenoxy) is 1. The number of sulfone groups is 1. The summed E-state index contributed by atoms with van der Waals surface area (Å²) in [4.78, 5) is 18.4. The van der Waals surface area contributed by atoms with Crippen molar-refractivity contribution < 1.29 is 26.9 Å². The first kappa shape index (κ1) is 30.4. The molecule has 0 spiro atoms. The Labute approximate surface area is 250 Å². The first-order chi connectivity index (χ1) is 20.5. The lowest BCUT2D eigenvalue weighted by molar-refractivity contribution is -0.387. The van der Waals surface area contributed by atoms with Gasteiger partial charge in [0, 0.05) is 47.4 Å². The third-order valence-electron chi connectivity index (χ3n) is 7.08. The molecule has 1 saturated heterocycles. The fourth-order valence-electron chi connectivity index (χ4n) is 4.87. The molecule has 1 atom stereocenters. The summed E-state index contributed by atoms with van der Waals surface area (Å²) in [6.07, 6.45) is 3.11. The highest BCUT2D eigenvalue weighted by atomic mass is 32.2. The van der Waals surface area contributed by atoms with Gasteiger partial charge >= 0.3 is 5.69 Å². The first-order valence-electron chi connectivity index (χ1n) is 13.2. The van der Waals surface area contributed by atoms with Crippen LogP contribution in [0.5, 0.6) is 0 Å². The Morgan fingerprint density at radius 2 is 1.95 bits per heavy atom. The van der Waals surface area contributed by atoms with Crippen LogP contribution in [0.4, 0.5) is 20.3 Å². The minimum atomic E-state index is -4.25. The average molecular weight is 634 g/mol. The second kappa shape index (κ2) is 12.3. The number of aryl methyl sites for hydroxylation is 1. The fourth-order valence-corrected chi connectivity index (χ4v) is 7.20. The summed E-state index contributed by atoms with van der Waals surface area (Å²) in [6.45, 7) is 3.19. The van der Waals surface area contributed by atoms with Gasteiger partial charge in [0.15, 0.2) is 32.7 Å². The van der Waals surface area contributed by atoms with Crippen molar-refractivity contribution in [1.82, 2.24) is 15.1 Å². The number of aliphatic imine (C=N–C) groups is 1. The zero-order chi connectivity index (χ0) is 30.9. The van der Waals surface area contributed by atoms with Crippen LogP contribution in [-0.2, 0) is 20.3 Å². The zero-order valence-corrected chi connectivity index (χ0v) is 24.9. The highest BCUT2D eigenvalue weighted by Gasteiger charge is 2.36. The van der Waals surface area contributed by atoms with E-state index in [0.29, 0.717) is 30.5 Å². The summed E-state index contributed by atoms with van der Waals surface area (Å²) in [5, 5.41) is 18.4. The topological polar surface area (TPSA) is 160 Å². The molecule has 0 amide bonds.